The molecule has 1 N–H and O–H groups in total. The molecule has 0 aliphatic carbocycles. The number of esters is 2. The summed E-state index contributed by atoms with van der Waals surface area (Å²) in [5.41, 5.74) is 0.741. The van der Waals surface area contributed by atoms with Gasteiger partial charge in [-0.3, -0.25) is 4.79 Å². The lowest BCUT2D eigenvalue weighted by Crippen LogP contribution is -2.26. The van der Waals surface area contributed by atoms with Crippen molar-refractivity contribution in [2.45, 2.75) is 18.9 Å². The minimum Gasteiger partial charge on any atom is -0.465 e. The van der Waals surface area contributed by atoms with Gasteiger partial charge in [0.1, 0.15) is 17.6 Å². The lowest BCUT2D eigenvalue weighted by Gasteiger charge is -2.12. The largest absolute Gasteiger partial charge is 0.465 e. The summed E-state index contributed by atoms with van der Waals surface area (Å²) in [6.07, 6.45) is 1.20. The minimum absolute atomic E-state index is 0.0392. The van der Waals surface area contributed by atoms with Crippen LogP contribution in [0.5, 0.6) is 11.5 Å². The fraction of sp³-hybridized carbons (Fsp3) is 0.286. The molecule has 1 saturated heterocycles. The Morgan fingerprint density at radius 2 is 1.59 bits per heavy atom. The molecular formula is C21H21NO7. The van der Waals surface area contributed by atoms with Crippen molar-refractivity contribution in [2.24, 2.45) is 0 Å². The Bertz CT molecular complexity index is 902. The molecule has 8 nitrogen and oxygen atoms in total. The van der Waals surface area contributed by atoms with Crippen molar-refractivity contribution >= 4 is 23.5 Å². The SMILES string of the molecule is COC(=O)c1ccc(Oc2ccc(NC(=O)C3CCCO3)cc2)cc1C(=O)OC. The van der Waals surface area contributed by atoms with Gasteiger partial charge in [-0.2, -0.15) is 0 Å². The van der Waals surface area contributed by atoms with Gasteiger partial charge in [0.05, 0.1) is 25.3 Å². The number of carbonyl (C=O) groups excluding carboxylic acids is 3. The highest BCUT2D eigenvalue weighted by atomic mass is 16.5. The lowest BCUT2D eigenvalue weighted by molar-refractivity contribution is -0.124. The number of amides is 1. The average molecular weight is 399 g/mol. The molecule has 3 rings (SSSR count). The van der Waals surface area contributed by atoms with Crippen LogP contribution in [0.25, 0.3) is 0 Å². The molecule has 8 heteroatoms. The summed E-state index contributed by atoms with van der Waals surface area (Å²) >= 11 is 0. The molecule has 0 saturated carbocycles. The smallest absolute Gasteiger partial charge is 0.338 e. The lowest BCUT2D eigenvalue weighted by atomic mass is 10.1. The third-order valence-corrected chi connectivity index (χ3v) is 4.38. The van der Waals surface area contributed by atoms with Gasteiger partial charge in [0, 0.05) is 12.3 Å². The highest BCUT2D eigenvalue weighted by Crippen LogP contribution is 2.26. The number of benzene rings is 2. The van der Waals surface area contributed by atoms with E-state index in [0.717, 1.165) is 12.8 Å². The van der Waals surface area contributed by atoms with Crippen LogP contribution in [0.4, 0.5) is 5.69 Å². The highest BCUT2D eigenvalue weighted by molar-refractivity contribution is 6.03. The molecule has 0 aromatic heterocycles. The number of hydrogen-bond acceptors (Lipinski definition) is 7. The van der Waals surface area contributed by atoms with E-state index in [2.05, 4.69) is 10.1 Å². The molecule has 1 heterocycles. The van der Waals surface area contributed by atoms with Crippen LogP contribution in [0.15, 0.2) is 42.5 Å². The van der Waals surface area contributed by atoms with Crippen LogP contribution in [0, 0.1) is 0 Å². The number of hydrogen-bond donors (Lipinski definition) is 1. The van der Waals surface area contributed by atoms with Gasteiger partial charge in [-0.05, 0) is 55.3 Å². The molecule has 0 bridgehead atoms. The molecule has 2 aromatic carbocycles. The second kappa shape index (κ2) is 9.20. The van der Waals surface area contributed by atoms with Crippen molar-refractivity contribution in [3.05, 3.63) is 53.6 Å². The molecular weight excluding hydrogens is 378 g/mol. The Balaban J connectivity index is 1.71. The van der Waals surface area contributed by atoms with Crippen LogP contribution in [-0.4, -0.2) is 44.8 Å². The number of nitrogens with one attached hydrogen (secondary N) is 1. The van der Waals surface area contributed by atoms with Gasteiger partial charge in [0.2, 0.25) is 0 Å². The third-order valence-electron chi connectivity index (χ3n) is 4.38. The standard InChI is InChI=1S/C21H21NO7/c1-26-20(24)16-10-9-15(12-17(16)21(25)27-2)29-14-7-5-13(6-8-14)22-19(23)18-4-3-11-28-18/h5-10,12,18H,3-4,11H2,1-2H3,(H,22,23). The molecule has 29 heavy (non-hydrogen) atoms. The first-order chi connectivity index (χ1) is 14.0. The van der Waals surface area contributed by atoms with Gasteiger partial charge in [-0.15, -0.1) is 0 Å². The molecule has 1 atom stereocenters. The quantitative estimate of drug-likeness (QED) is 0.745. The van der Waals surface area contributed by atoms with Crippen molar-refractivity contribution in [2.75, 3.05) is 26.1 Å². The summed E-state index contributed by atoms with van der Waals surface area (Å²) in [6, 6.07) is 11.1. The molecule has 1 amide bonds. The monoisotopic (exact) mass is 399 g/mol. The minimum atomic E-state index is -0.678. The average Bonchev–Trinajstić information content (AvgIpc) is 3.29. The zero-order valence-electron chi connectivity index (χ0n) is 16.1. The Morgan fingerprint density at radius 3 is 2.21 bits per heavy atom. The van der Waals surface area contributed by atoms with Crippen molar-refractivity contribution in [3.8, 4) is 11.5 Å². The molecule has 1 fully saturated rings. The Kier molecular flexibility index (Phi) is 6.46. The Morgan fingerprint density at radius 1 is 0.931 bits per heavy atom. The van der Waals surface area contributed by atoms with Crippen molar-refractivity contribution in [1.29, 1.82) is 0 Å². The number of rotatable bonds is 6. The maximum absolute atomic E-state index is 12.1. The maximum Gasteiger partial charge on any atom is 0.338 e. The third kappa shape index (κ3) is 4.91. The van der Waals surface area contributed by atoms with Gasteiger partial charge in [0.15, 0.2) is 0 Å². The fourth-order valence-corrected chi connectivity index (χ4v) is 2.90. The topological polar surface area (TPSA) is 100 Å². The number of ether oxygens (including phenoxy) is 4. The van der Waals surface area contributed by atoms with E-state index < -0.39 is 18.0 Å². The van der Waals surface area contributed by atoms with Crippen molar-refractivity contribution in [1.82, 2.24) is 0 Å². The summed E-state index contributed by atoms with van der Waals surface area (Å²) in [6.45, 7) is 0.604. The molecule has 1 aliphatic rings. The van der Waals surface area contributed by atoms with E-state index in [1.807, 2.05) is 0 Å². The first-order valence-corrected chi connectivity index (χ1v) is 9.03. The summed E-state index contributed by atoms with van der Waals surface area (Å²) in [5.74, 6) is -0.667. The summed E-state index contributed by atoms with van der Waals surface area (Å²) in [5, 5.41) is 2.80. The van der Waals surface area contributed by atoms with E-state index >= 15 is 0 Å². The van der Waals surface area contributed by atoms with Crippen LogP contribution in [0.1, 0.15) is 33.6 Å². The maximum atomic E-state index is 12.1. The van der Waals surface area contributed by atoms with Crippen LogP contribution < -0.4 is 10.1 Å². The Labute approximate surface area is 167 Å². The molecule has 0 radical (unpaired) electrons. The predicted molar refractivity (Wildman–Crippen MR) is 103 cm³/mol. The first kappa shape index (κ1) is 20.3. The summed E-state index contributed by atoms with van der Waals surface area (Å²) < 4.78 is 20.5. The Hall–Kier alpha value is -3.39. The zero-order chi connectivity index (χ0) is 20.8. The van der Waals surface area contributed by atoms with E-state index in [-0.39, 0.29) is 17.0 Å². The second-order valence-electron chi connectivity index (χ2n) is 6.31. The molecule has 1 aliphatic heterocycles. The van der Waals surface area contributed by atoms with Gasteiger partial charge in [-0.25, -0.2) is 9.59 Å². The van der Waals surface area contributed by atoms with Crippen molar-refractivity contribution in [3.63, 3.8) is 0 Å². The van der Waals surface area contributed by atoms with Gasteiger partial charge in [-0.1, -0.05) is 0 Å². The van der Waals surface area contributed by atoms with E-state index in [9.17, 15) is 14.4 Å². The fourth-order valence-electron chi connectivity index (χ4n) is 2.90. The molecule has 0 spiro atoms. The molecule has 152 valence electrons. The van der Waals surface area contributed by atoms with Crippen molar-refractivity contribution < 1.29 is 33.3 Å². The number of carbonyl (C=O) groups is 3. The second-order valence-corrected chi connectivity index (χ2v) is 6.31. The van der Waals surface area contributed by atoms with Crippen LogP contribution in [0.3, 0.4) is 0 Å². The number of anilines is 1. The summed E-state index contributed by atoms with van der Waals surface area (Å²) in [7, 11) is 2.45. The summed E-state index contributed by atoms with van der Waals surface area (Å²) in [4.78, 5) is 35.9. The van der Waals surface area contributed by atoms with E-state index in [4.69, 9.17) is 14.2 Å². The predicted octanol–water partition coefficient (Wildman–Crippen LogP) is 3.17. The van der Waals surface area contributed by atoms with Gasteiger partial charge in [0.25, 0.3) is 5.91 Å². The highest BCUT2D eigenvalue weighted by Gasteiger charge is 2.23. The van der Waals surface area contributed by atoms with Gasteiger partial charge < -0.3 is 24.3 Å². The number of methoxy groups -OCH3 is 2. The normalized spacial score (nSPS) is 15.4. The first-order valence-electron chi connectivity index (χ1n) is 9.03. The van der Waals surface area contributed by atoms with E-state index in [1.165, 1.54) is 26.4 Å². The zero-order valence-corrected chi connectivity index (χ0v) is 16.1. The molecule has 2 aromatic rings. The van der Waals surface area contributed by atoms with Gasteiger partial charge >= 0.3 is 11.9 Å². The van der Waals surface area contributed by atoms with Crippen LogP contribution in [0.2, 0.25) is 0 Å². The van der Waals surface area contributed by atoms with E-state index in [0.29, 0.717) is 23.8 Å². The van der Waals surface area contributed by atoms with Crippen LogP contribution in [-0.2, 0) is 19.0 Å². The van der Waals surface area contributed by atoms with E-state index in [1.54, 1.807) is 30.3 Å². The molecule has 1 unspecified atom stereocenters. The van der Waals surface area contributed by atoms with Crippen LogP contribution >= 0.6 is 0 Å².